The van der Waals surface area contributed by atoms with Gasteiger partial charge in [0.2, 0.25) is 5.91 Å². The molecule has 1 aromatic rings. The standard InChI is InChI=1S/C21H30N6O5/c1-32-16(28)13-25-18(29)17-19(30)26-15(10-5-11-24-21(22)23)20(31)27(17)12-6-9-14-7-3-2-4-8-14/h2-4,7-8,15,17H,5-6,9-13H2,1H3,(H,25,29)(H,26,30)(H4,22,23,24). The third kappa shape index (κ3) is 7.25. The minimum atomic E-state index is -1.36. The minimum absolute atomic E-state index is 0.0473. The van der Waals surface area contributed by atoms with Crippen LogP contribution in [0.15, 0.2) is 35.3 Å². The summed E-state index contributed by atoms with van der Waals surface area (Å²) in [6, 6.07) is 7.55. The highest BCUT2D eigenvalue weighted by atomic mass is 16.5. The monoisotopic (exact) mass is 446 g/mol. The third-order valence-electron chi connectivity index (χ3n) is 4.99. The molecule has 3 amide bonds. The Morgan fingerprint density at radius 2 is 1.91 bits per heavy atom. The van der Waals surface area contributed by atoms with Gasteiger partial charge in [-0.15, -0.1) is 0 Å². The maximum atomic E-state index is 13.1. The first-order chi connectivity index (χ1) is 15.3. The number of guanidine groups is 1. The first-order valence-electron chi connectivity index (χ1n) is 10.4. The van der Waals surface area contributed by atoms with Gasteiger partial charge < -0.3 is 31.7 Å². The molecule has 11 nitrogen and oxygen atoms in total. The summed E-state index contributed by atoms with van der Waals surface area (Å²) in [5.41, 5.74) is 11.7. The van der Waals surface area contributed by atoms with E-state index in [1.807, 2.05) is 30.3 Å². The number of aryl methyl sites for hydroxylation is 1. The predicted octanol–water partition coefficient (Wildman–Crippen LogP) is -1.34. The van der Waals surface area contributed by atoms with Crippen LogP contribution < -0.4 is 22.1 Å². The highest BCUT2D eigenvalue weighted by Crippen LogP contribution is 2.16. The first kappa shape index (κ1) is 24.6. The zero-order valence-corrected chi connectivity index (χ0v) is 18.1. The van der Waals surface area contributed by atoms with E-state index in [2.05, 4.69) is 20.4 Å². The number of ether oxygens (including phenoxy) is 1. The fraction of sp³-hybridized carbons (Fsp3) is 0.476. The van der Waals surface area contributed by atoms with Crippen molar-refractivity contribution in [2.75, 3.05) is 26.7 Å². The van der Waals surface area contributed by atoms with Crippen molar-refractivity contribution in [3.63, 3.8) is 0 Å². The van der Waals surface area contributed by atoms with Gasteiger partial charge in [0.05, 0.1) is 7.11 Å². The molecule has 174 valence electrons. The number of carbonyl (C=O) groups excluding carboxylic acids is 4. The van der Waals surface area contributed by atoms with E-state index >= 15 is 0 Å². The molecule has 1 saturated heterocycles. The molecule has 32 heavy (non-hydrogen) atoms. The Balaban J connectivity index is 2.08. The molecule has 0 radical (unpaired) electrons. The Labute approximate surface area is 186 Å². The lowest BCUT2D eigenvalue weighted by Crippen LogP contribution is -2.67. The van der Waals surface area contributed by atoms with E-state index in [-0.39, 0.29) is 18.4 Å². The molecule has 6 N–H and O–H groups in total. The number of carbonyl (C=O) groups is 4. The van der Waals surface area contributed by atoms with Gasteiger partial charge in [-0.05, 0) is 31.2 Å². The van der Waals surface area contributed by atoms with Crippen LogP contribution in [0.2, 0.25) is 0 Å². The molecule has 11 heteroatoms. The minimum Gasteiger partial charge on any atom is -0.468 e. The van der Waals surface area contributed by atoms with Crippen molar-refractivity contribution < 1.29 is 23.9 Å². The van der Waals surface area contributed by atoms with Crippen LogP contribution in [0.4, 0.5) is 0 Å². The van der Waals surface area contributed by atoms with E-state index in [1.165, 1.54) is 12.0 Å². The normalized spacial score (nSPS) is 18.0. The lowest BCUT2D eigenvalue weighted by Gasteiger charge is -2.38. The number of benzene rings is 1. The SMILES string of the molecule is COC(=O)CNC(=O)C1C(=O)NC(CCCN=C(N)N)C(=O)N1CCCc1ccccc1. The molecule has 1 aliphatic rings. The fourth-order valence-corrected chi connectivity index (χ4v) is 3.41. The molecule has 1 heterocycles. The second-order valence-corrected chi connectivity index (χ2v) is 7.33. The molecule has 0 aromatic heterocycles. The Kier molecular flexibility index (Phi) is 9.45. The zero-order valence-electron chi connectivity index (χ0n) is 18.1. The van der Waals surface area contributed by atoms with Crippen molar-refractivity contribution in [2.45, 2.75) is 37.8 Å². The number of methoxy groups -OCH3 is 1. The van der Waals surface area contributed by atoms with Gasteiger partial charge in [-0.1, -0.05) is 30.3 Å². The van der Waals surface area contributed by atoms with Crippen molar-refractivity contribution in [1.82, 2.24) is 15.5 Å². The summed E-state index contributed by atoms with van der Waals surface area (Å²) >= 11 is 0. The van der Waals surface area contributed by atoms with Crippen molar-refractivity contribution >= 4 is 29.7 Å². The number of hydrogen-bond donors (Lipinski definition) is 4. The summed E-state index contributed by atoms with van der Waals surface area (Å²) in [5.74, 6) is -2.40. The fourth-order valence-electron chi connectivity index (χ4n) is 3.41. The third-order valence-corrected chi connectivity index (χ3v) is 4.99. The number of hydrogen-bond acceptors (Lipinski definition) is 6. The van der Waals surface area contributed by atoms with Crippen LogP contribution >= 0.6 is 0 Å². The molecular weight excluding hydrogens is 416 g/mol. The topological polar surface area (TPSA) is 169 Å². The Hall–Kier alpha value is -3.63. The summed E-state index contributed by atoms with van der Waals surface area (Å²) in [7, 11) is 1.19. The number of rotatable bonds is 11. The van der Waals surface area contributed by atoms with Gasteiger partial charge in [-0.2, -0.15) is 0 Å². The van der Waals surface area contributed by atoms with Crippen molar-refractivity contribution in [3.8, 4) is 0 Å². The summed E-state index contributed by atoms with van der Waals surface area (Å²) in [4.78, 5) is 55.0. The van der Waals surface area contributed by atoms with Crippen LogP contribution in [0.1, 0.15) is 24.8 Å². The molecule has 2 unspecified atom stereocenters. The quantitative estimate of drug-likeness (QED) is 0.107. The molecule has 2 atom stereocenters. The molecule has 1 aromatic carbocycles. The Morgan fingerprint density at radius 1 is 1.19 bits per heavy atom. The van der Waals surface area contributed by atoms with Gasteiger partial charge in [0.15, 0.2) is 12.0 Å². The maximum Gasteiger partial charge on any atom is 0.325 e. The van der Waals surface area contributed by atoms with Crippen LogP contribution in [-0.2, 0) is 30.3 Å². The number of esters is 1. The molecule has 0 aliphatic carbocycles. The molecule has 1 fully saturated rings. The number of nitrogens with two attached hydrogens (primary N) is 2. The maximum absolute atomic E-state index is 13.1. The lowest BCUT2D eigenvalue weighted by molar-refractivity contribution is -0.155. The van der Waals surface area contributed by atoms with Gasteiger partial charge in [-0.25, -0.2) is 0 Å². The van der Waals surface area contributed by atoms with Crippen molar-refractivity contribution in [1.29, 1.82) is 0 Å². The van der Waals surface area contributed by atoms with Crippen LogP contribution in [0.5, 0.6) is 0 Å². The van der Waals surface area contributed by atoms with E-state index < -0.39 is 36.4 Å². The van der Waals surface area contributed by atoms with E-state index in [4.69, 9.17) is 11.5 Å². The van der Waals surface area contributed by atoms with E-state index in [9.17, 15) is 19.2 Å². The van der Waals surface area contributed by atoms with E-state index in [0.717, 1.165) is 5.56 Å². The first-order valence-corrected chi connectivity index (χ1v) is 10.4. The van der Waals surface area contributed by atoms with Crippen LogP contribution in [0.3, 0.4) is 0 Å². The van der Waals surface area contributed by atoms with Gasteiger partial charge in [0.25, 0.3) is 11.8 Å². The number of aliphatic imine (C=N–C) groups is 1. The predicted molar refractivity (Wildman–Crippen MR) is 117 cm³/mol. The number of piperazine rings is 1. The number of nitrogens with zero attached hydrogens (tertiary/aromatic N) is 2. The molecule has 1 aliphatic heterocycles. The zero-order chi connectivity index (χ0) is 23.5. The van der Waals surface area contributed by atoms with Crippen molar-refractivity contribution in [3.05, 3.63) is 35.9 Å². The molecule has 0 bridgehead atoms. The van der Waals surface area contributed by atoms with Gasteiger partial charge in [0, 0.05) is 13.1 Å². The summed E-state index contributed by atoms with van der Waals surface area (Å²) in [5, 5.41) is 4.96. The Bertz CT molecular complexity index is 840. The van der Waals surface area contributed by atoms with Crippen LogP contribution in [0, 0.1) is 0 Å². The lowest BCUT2D eigenvalue weighted by atomic mass is 10.0. The van der Waals surface area contributed by atoms with E-state index in [0.29, 0.717) is 32.2 Å². The highest BCUT2D eigenvalue weighted by molar-refractivity contribution is 6.11. The largest absolute Gasteiger partial charge is 0.468 e. The van der Waals surface area contributed by atoms with Gasteiger partial charge in [0.1, 0.15) is 12.6 Å². The summed E-state index contributed by atoms with van der Waals surface area (Å²) in [6.45, 7) is 0.133. The second-order valence-electron chi connectivity index (χ2n) is 7.33. The van der Waals surface area contributed by atoms with Gasteiger partial charge in [-0.3, -0.25) is 24.2 Å². The molecular formula is C21H30N6O5. The van der Waals surface area contributed by atoms with Gasteiger partial charge >= 0.3 is 5.97 Å². The summed E-state index contributed by atoms with van der Waals surface area (Å²) in [6.07, 6.45) is 2.04. The highest BCUT2D eigenvalue weighted by Gasteiger charge is 2.43. The number of amides is 3. The molecule has 2 rings (SSSR count). The number of nitrogens with one attached hydrogen (secondary N) is 2. The van der Waals surface area contributed by atoms with Crippen LogP contribution in [0.25, 0.3) is 0 Å². The van der Waals surface area contributed by atoms with Crippen molar-refractivity contribution in [2.24, 2.45) is 16.5 Å². The Morgan fingerprint density at radius 3 is 2.56 bits per heavy atom. The summed E-state index contributed by atoms with van der Waals surface area (Å²) < 4.78 is 4.50. The smallest absolute Gasteiger partial charge is 0.325 e. The second kappa shape index (κ2) is 12.3. The molecule has 0 spiro atoms. The van der Waals surface area contributed by atoms with Crippen LogP contribution in [-0.4, -0.2) is 73.4 Å². The van der Waals surface area contributed by atoms with E-state index in [1.54, 1.807) is 0 Å². The molecule has 0 saturated carbocycles. The average Bonchev–Trinajstić information content (AvgIpc) is 2.78. The average molecular weight is 447 g/mol.